The van der Waals surface area contributed by atoms with Crippen LogP contribution in [0.2, 0.25) is 0 Å². The smallest absolute Gasteiger partial charge is 0.0878 e. The van der Waals surface area contributed by atoms with E-state index in [0.29, 0.717) is 0 Å². The Morgan fingerprint density at radius 3 is 1.70 bits per heavy atom. The van der Waals surface area contributed by atoms with Crippen LogP contribution in [0.3, 0.4) is 0 Å². The predicted molar refractivity (Wildman–Crippen MR) is 94.6 cm³/mol. The number of hydrogen-bond acceptors (Lipinski definition) is 1. The van der Waals surface area contributed by atoms with Crippen molar-refractivity contribution in [3.05, 3.63) is 0 Å². The zero-order valence-electron chi connectivity index (χ0n) is 14.2. The van der Waals surface area contributed by atoms with Crippen LogP contribution in [0.15, 0.2) is 0 Å². The van der Waals surface area contributed by atoms with Crippen LogP contribution in [0.5, 0.6) is 0 Å². The largest absolute Gasteiger partial charge is 0.322 e. The van der Waals surface area contributed by atoms with Crippen LogP contribution in [0.1, 0.15) is 78.1 Å². The molecule has 2 heteroatoms. The molecule has 0 saturated carbocycles. The molecule has 1 fully saturated rings. The summed E-state index contributed by atoms with van der Waals surface area (Å²) >= 11 is 2.16. The Labute approximate surface area is 132 Å². The highest BCUT2D eigenvalue weighted by atomic mass is 32.2. The molecule has 20 heavy (non-hydrogen) atoms. The van der Waals surface area contributed by atoms with Gasteiger partial charge in [0.25, 0.3) is 0 Å². The Morgan fingerprint density at radius 1 is 0.700 bits per heavy atom. The molecular weight excluding hydrogens is 262 g/mol. The monoisotopic (exact) mass is 300 g/mol. The Kier molecular flexibility index (Phi) is 10.9. The van der Waals surface area contributed by atoms with Gasteiger partial charge in [0, 0.05) is 11.5 Å². The molecule has 1 aliphatic rings. The first-order valence-corrected chi connectivity index (χ1v) is 10.4. The molecule has 0 radical (unpaired) electrons. The van der Waals surface area contributed by atoms with Gasteiger partial charge in [-0.15, -0.1) is 0 Å². The topological polar surface area (TPSA) is 0 Å². The van der Waals surface area contributed by atoms with Gasteiger partial charge in [0.15, 0.2) is 0 Å². The van der Waals surface area contributed by atoms with E-state index in [0.717, 1.165) is 0 Å². The van der Waals surface area contributed by atoms with Crippen molar-refractivity contribution in [2.45, 2.75) is 78.1 Å². The third kappa shape index (κ3) is 7.93. The van der Waals surface area contributed by atoms with E-state index in [2.05, 4.69) is 25.6 Å². The lowest BCUT2D eigenvalue weighted by molar-refractivity contribution is -0.923. The number of quaternary nitrogens is 1. The fourth-order valence-corrected chi connectivity index (χ4v) is 4.60. The highest BCUT2D eigenvalue weighted by Crippen LogP contribution is 2.20. The fraction of sp³-hybridized carbons (Fsp3) is 1.00. The molecule has 0 atom stereocenters. The summed E-state index contributed by atoms with van der Waals surface area (Å²) < 4.78 is 1.42. The zero-order valence-corrected chi connectivity index (χ0v) is 15.0. The number of unbranched alkanes of at least 4 members (excludes halogenated alkanes) is 9. The van der Waals surface area contributed by atoms with Crippen molar-refractivity contribution in [1.82, 2.24) is 0 Å². The molecule has 0 N–H and O–H groups in total. The Morgan fingerprint density at radius 2 is 1.20 bits per heavy atom. The van der Waals surface area contributed by atoms with Crippen molar-refractivity contribution in [1.29, 1.82) is 0 Å². The van der Waals surface area contributed by atoms with Crippen LogP contribution in [0, 0.1) is 0 Å². The number of rotatable bonds is 12. The quantitative estimate of drug-likeness (QED) is 0.339. The molecule has 1 heterocycles. The van der Waals surface area contributed by atoms with Gasteiger partial charge in [-0.1, -0.05) is 58.3 Å². The highest BCUT2D eigenvalue weighted by Gasteiger charge is 2.27. The maximum absolute atomic E-state index is 2.40. The summed E-state index contributed by atoms with van der Waals surface area (Å²) in [5, 5.41) is 0. The van der Waals surface area contributed by atoms with Crippen molar-refractivity contribution in [2.24, 2.45) is 0 Å². The summed E-state index contributed by atoms with van der Waals surface area (Å²) in [6.45, 7) is 10.4. The lowest BCUT2D eigenvalue weighted by atomic mass is 10.1. The van der Waals surface area contributed by atoms with E-state index in [1.165, 1.54) is 106 Å². The third-order valence-electron chi connectivity index (χ3n) is 5.08. The van der Waals surface area contributed by atoms with Crippen molar-refractivity contribution in [3.8, 4) is 0 Å². The molecule has 0 spiro atoms. The van der Waals surface area contributed by atoms with Gasteiger partial charge in [0.05, 0.1) is 26.2 Å². The van der Waals surface area contributed by atoms with Crippen LogP contribution >= 0.6 is 11.8 Å². The highest BCUT2D eigenvalue weighted by molar-refractivity contribution is 7.99. The Bertz CT molecular complexity index is 211. The van der Waals surface area contributed by atoms with E-state index < -0.39 is 0 Å². The number of thioether (sulfide) groups is 1. The molecule has 0 unspecified atom stereocenters. The molecule has 1 saturated heterocycles. The Balaban J connectivity index is 1.91. The minimum absolute atomic E-state index is 1.36. The molecule has 120 valence electrons. The van der Waals surface area contributed by atoms with E-state index in [9.17, 15) is 0 Å². The van der Waals surface area contributed by atoms with Crippen molar-refractivity contribution >= 4 is 11.8 Å². The maximum Gasteiger partial charge on any atom is 0.0878 e. The summed E-state index contributed by atoms with van der Waals surface area (Å²) in [5.41, 5.74) is 0. The summed E-state index contributed by atoms with van der Waals surface area (Å²) in [5.74, 6) is 2.79. The molecule has 1 rings (SSSR count). The molecule has 0 aromatic heterocycles. The molecular formula is C18H38NS+. The normalized spacial score (nSPS) is 18.3. The van der Waals surface area contributed by atoms with Gasteiger partial charge in [0.1, 0.15) is 0 Å². The van der Waals surface area contributed by atoms with Gasteiger partial charge >= 0.3 is 0 Å². The summed E-state index contributed by atoms with van der Waals surface area (Å²) in [6.07, 6.45) is 14.6. The van der Waals surface area contributed by atoms with E-state index in [-0.39, 0.29) is 0 Å². The van der Waals surface area contributed by atoms with E-state index in [1.807, 2.05) is 0 Å². The van der Waals surface area contributed by atoms with Crippen LogP contribution in [-0.2, 0) is 0 Å². The van der Waals surface area contributed by atoms with Crippen LogP contribution < -0.4 is 0 Å². The van der Waals surface area contributed by atoms with Crippen molar-refractivity contribution in [2.75, 3.05) is 37.7 Å². The van der Waals surface area contributed by atoms with Crippen molar-refractivity contribution in [3.63, 3.8) is 0 Å². The first-order chi connectivity index (χ1) is 9.83. The summed E-state index contributed by atoms with van der Waals surface area (Å²) in [6, 6.07) is 0. The third-order valence-corrected chi connectivity index (χ3v) is 6.02. The van der Waals surface area contributed by atoms with Gasteiger partial charge in [-0.2, -0.15) is 11.8 Å². The fourth-order valence-electron chi connectivity index (χ4n) is 3.36. The van der Waals surface area contributed by atoms with E-state index >= 15 is 0 Å². The molecule has 1 nitrogen and oxygen atoms in total. The Hall–Kier alpha value is 0.310. The molecule has 0 aromatic carbocycles. The molecule has 1 aliphatic heterocycles. The standard InChI is InChI=1S/C18H38NS/c1-3-5-6-7-8-9-10-11-12-13-14-19(4-2)15-17-20-18-16-19/h3-18H2,1-2H3/q+1. The minimum atomic E-state index is 1.36. The maximum atomic E-state index is 2.40. The second kappa shape index (κ2) is 11.9. The van der Waals surface area contributed by atoms with Gasteiger partial charge in [-0.05, 0) is 19.8 Å². The first kappa shape index (κ1) is 18.4. The minimum Gasteiger partial charge on any atom is -0.322 e. The van der Waals surface area contributed by atoms with E-state index in [4.69, 9.17) is 0 Å². The average Bonchev–Trinajstić information content (AvgIpc) is 2.50. The molecule has 0 bridgehead atoms. The summed E-state index contributed by atoms with van der Waals surface area (Å²) in [7, 11) is 0. The summed E-state index contributed by atoms with van der Waals surface area (Å²) in [4.78, 5) is 0. The van der Waals surface area contributed by atoms with Crippen molar-refractivity contribution < 1.29 is 4.48 Å². The van der Waals surface area contributed by atoms with Gasteiger partial charge in [-0.3, -0.25) is 0 Å². The number of hydrogen-bond donors (Lipinski definition) is 0. The first-order valence-electron chi connectivity index (χ1n) is 9.26. The van der Waals surface area contributed by atoms with Gasteiger partial charge in [0.2, 0.25) is 0 Å². The lowest BCUT2D eigenvalue weighted by Gasteiger charge is -2.40. The van der Waals surface area contributed by atoms with Crippen LogP contribution in [0.4, 0.5) is 0 Å². The lowest BCUT2D eigenvalue weighted by Crippen LogP contribution is -2.53. The molecule has 0 aromatic rings. The molecule has 0 amide bonds. The van der Waals surface area contributed by atoms with Gasteiger partial charge < -0.3 is 4.48 Å². The SMILES string of the molecule is CCCCCCCCCCCC[N+]1(CC)CCSCC1. The van der Waals surface area contributed by atoms with Crippen LogP contribution in [0.25, 0.3) is 0 Å². The second-order valence-corrected chi connectivity index (χ2v) is 7.85. The average molecular weight is 301 g/mol. The number of nitrogens with zero attached hydrogens (tertiary/aromatic N) is 1. The van der Waals surface area contributed by atoms with E-state index in [1.54, 1.807) is 0 Å². The zero-order chi connectivity index (χ0) is 14.5. The van der Waals surface area contributed by atoms with Crippen LogP contribution in [-0.4, -0.2) is 42.2 Å². The van der Waals surface area contributed by atoms with Gasteiger partial charge in [-0.25, -0.2) is 0 Å². The molecule has 0 aliphatic carbocycles. The predicted octanol–water partition coefficient (Wildman–Crippen LogP) is 5.49. The second-order valence-electron chi connectivity index (χ2n) is 6.62.